The molecule has 0 saturated carbocycles. The summed E-state index contributed by atoms with van der Waals surface area (Å²) >= 11 is 0. The van der Waals surface area contributed by atoms with Crippen molar-refractivity contribution in [3.8, 4) is 0 Å². The molecule has 0 aliphatic rings. The van der Waals surface area contributed by atoms with E-state index in [0.29, 0.717) is 0 Å². The number of hydrogen-bond donors (Lipinski definition) is 1. The lowest BCUT2D eigenvalue weighted by Gasteiger charge is -1.98. The molecule has 0 atom stereocenters. The molecule has 0 spiro atoms. The molecule has 0 fully saturated rings. The van der Waals surface area contributed by atoms with Gasteiger partial charge in [-0.3, -0.25) is 0 Å². The first-order valence-corrected chi connectivity index (χ1v) is 4.32. The van der Waals surface area contributed by atoms with Crippen molar-refractivity contribution in [2.24, 2.45) is 0 Å². The van der Waals surface area contributed by atoms with Gasteiger partial charge in [0.25, 0.3) is 0 Å². The average Bonchev–Trinajstić information content (AvgIpc) is 2.63. The fourth-order valence-electron chi connectivity index (χ4n) is 0.924. The van der Waals surface area contributed by atoms with Crippen molar-refractivity contribution < 1.29 is 9.15 Å². The Balaban J connectivity index is 2.05. The molecule has 72 valence electrons. The molecule has 0 unspecified atom stereocenters. The van der Waals surface area contributed by atoms with Gasteiger partial charge in [0.2, 0.25) is 0 Å². The highest BCUT2D eigenvalue weighted by molar-refractivity contribution is 5.46. The predicted octanol–water partition coefficient (Wildman–Crippen LogP) is 1.53. The fourth-order valence-corrected chi connectivity index (χ4v) is 0.924. The van der Waals surface area contributed by atoms with Crippen LogP contribution in [0.5, 0.6) is 0 Å². The Morgan fingerprint density at radius 2 is 2.54 bits per heavy atom. The van der Waals surface area contributed by atoms with Crippen molar-refractivity contribution in [3.63, 3.8) is 0 Å². The van der Waals surface area contributed by atoms with Crippen LogP contribution in [0.15, 0.2) is 29.1 Å². The van der Waals surface area contributed by atoms with Crippen LogP contribution in [0, 0.1) is 0 Å². The monoisotopic (exact) mass is 181 g/mol. The minimum Gasteiger partial charge on any atom is -0.472 e. The lowest BCUT2D eigenvalue weighted by molar-refractivity contribution is 0.200. The summed E-state index contributed by atoms with van der Waals surface area (Å²) in [5.74, 6) is 0. The van der Waals surface area contributed by atoms with E-state index in [1.165, 1.54) is 0 Å². The zero-order valence-corrected chi connectivity index (χ0v) is 7.82. The van der Waals surface area contributed by atoms with Gasteiger partial charge in [-0.25, -0.2) is 0 Å². The van der Waals surface area contributed by atoms with Crippen LogP contribution < -0.4 is 5.32 Å². The van der Waals surface area contributed by atoms with Crippen LogP contribution in [0.3, 0.4) is 0 Å². The van der Waals surface area contributed by atoms with E-state index < -0.39 is 0 Å². The Morgan fingerprint density at radius 1 is 1.62 bits per heavy atom. The van der Waals surface area contributed by atoms with E-state index in [1.54, 1.807) is 19.6 Å². The normalized spacial score (nSPS) is 11.2. The van der Waals surface area contributed by atoms with Gasteiger partial charge in [-0.2, -0.15) is 0 Å². The molecule has 0 aromatic carbocycles. The summed E-state index contributed by atoms with van der Waals surface area (Å²) in [5, 5.41) is 3.21. The van der Waals surface area contributed by atoms with Crippen molar-refractivity contribution in [2.75, 3.05) is 26.8 Å². The van der Waals surface area contributed by atoms with E-state index in [2.05, 4.69) is 11.4 Å². The quantitative estimate of drug-likeness (QED) is 0.676. The molecule has 0 bridgehead atoms. The minimum atomic E-state index is 0.750. The van der Waals surface area contributed by atoms with E-state index in [1.807, 2.05) is 12.1 Å². The maximum Gasteiger partial charge on any atom is 0.0974 e. The summed E-state index contributed by atoms with van der Waals surface area (Å²) in [4.78, 5) is 0. The van der Waals surface area contributed by atoms with Gasteiger partial charge in [-0.05, 0) is 6.07 Å². The van der Waals surface area contributed by atoms with Gasteiger partial charge in [0, 0.05) is 25.8 Å². The first kappa shape index (κ1) is 10.0. The third kappa shape index (κ3) is 4.50. The van der Waals surface area contributed by atoms with E-state index >= 15 is 0 Å². The van der Waals surface area contributed by atoms with Crippen LogP contribution in [0.2, 0.25) is 0 Å². The molecular formula is C10H15NO2. The van der Waals surface area contributed by atoms with Crippen LogP contribution in [0.25, 0.3) is 6.08 Å². The molecule has 0 amide bonds. The third-order valence-corrected chi connectivity index (χ3v) is 1.60. The van der Waals surface area contributed by atoms with Crippen LogP contribution >= 0.6 is 0 Å². The minimum absolute atomic E-state index is 0.750. The lowest BCUT2D eigenvalue weighted by atomic mass is 10.3. The maximum atomic E-state index is 4.92. The molecule has 1 heterocycles. The highest BCUT2D eigenvalue weighted by Gasteiger charge is 1.85. The molecule has 0 radical (unpaired) electrons. The second-order valence-corrected chi connectivity index (χ2v) is 2.66. The molecule has 13 heavy (non-hydrogen) atoms. The highest BCUT2D eigenvalue weighted by atomic mass is 16.5. The number of furan rings is 1. The number of rotatable bonds is 6. The Labute approximate surface area is 78.4 Å². The summed E-state index contributed by atoms with van der Waals surface area (Å²) in [7, 11) is 1.70. The number of ether oxygens (including phenoxy) is 1. The molecule has 1 N–H and O–H groups in total. The molecule has 1 rings (SSSR count). The molecule has 3 nitrogen and oxygen atoms in total. The predicted molar refractivity (Wildman–Crippen MR) is 52.5 cm³/mol. The topological polar surface area (TPSA) is 34.4 Å². The summed E-state index contributed by atoms with van der Waals surface area (Å²) in [5.41, 5.74) is 1.09. The molecule has 3 heteroatoms. The van der Waals surface area contributed by atoms with Gasteiger partial charge in [0.05, 0.1) is 19.1 Å². The molecule has 0 aliphatic carbocycles. The van der Waals surface area contributed by atoms with E-state index in [0.717, 1.165) is 25.3 Å². The Bertz CT molecular complexity index is 229. The second kappa shape index (κ2) is 6.46. The summed E-state index contributed by atoms with van der Waals surface area (Å²) in [6, 6.07) is 1.92. The van der Waals surface area contributed by atoms with Crippen LogP contribution in [-0.4, -0.2) is 26.8 Å². The van der Waals surface area contributed by atoms with Crippen molar-refractivity contribution in [1.29, 1.82) is 0 Å². The molecule has 0 saturated heterocycles. The largest absolute Gasteiger partial charge is 0.472 e. The molecule has 1 aromatic heterocycles. The first-order valence-electron chi connectivity index (χ1n) is 4.32. The van der Waals surface area contributed by atoms with Crippen LogP contribution in [0.4, 0.5) is 0 Å². The van der Waals surface area contributed by atoms with E-state index in [9.17, 15) is 0 Å². The van der Waals surface area contributed by atoms with Crippen LogP contribution in [0.1, 0.15) is 5.56 Å². The summed E-state index contributed by atoms with van der Waals surface area (Å²) in [6.07, 6.45) is 7.45. The highest BCUT2D eigenvalue weighted by Crippen LogP contribution is 2.00. The summed E-state index contributed by atoms with van der Waals surface area (Å²) < 4.78 is 9.81. The average molecular weight is 181 g/mol. The van der Waals surface area contributed by atoms with E-state index in [4.69, 9.17) is 9.15 Å². The Morgan fingerprint density at radius 3 is 3.23 bits per heavy atom. The number of nitrogens with one attached hydrogen (secondary N) is 1. The summed E-state index contributed by atoms with van der Waals surface area (Å²) in [6.45, 7) is 2.49. The van der Waals surface area contributed by atoms with Crippen molar-refractivity contribution in [1.82, 2.24) is 5.32 Å². The SMILES string of the molecule is COCCNCC=Cc1ccoc1. The van der Waals surface area contributed by atoms with Gasteiger partial charge in [-0.15, -0.1) is 0 Å². The first-order chi connectivity index (χ1) is 6.43. The van der Waals surface area contributed by atoms with Gasteiger partial charge in [0.15, 0.2) is 0 Å². The van der Waals surface area contributed by atoms with Gasteiger partial charge in [-0.1, -0.05) is 12.2 Å². The third-order valence-electron chi connectivity index (χ3n) is 1.60. The zero-order valence-electron chi connectivity index (χ0n) is 7.82. The number of hydrogen-bond acceptors (Lipinski definition) is 3. The smallest absolute Gasteiger partial charge is 0.0974 e. The maximum absolute atomic E-state index is 4.92. The van der Waals surface area contributed by atoms with Crippen molar-refractivity contribution >= 4 is 6.08 Å². The van der Waals surface area contributed by atoms with Gasteiger partial charge in [0.1, 0.15) is 0 Å². The van der Waals surface area contributed by atoms with Gasteiger partial charge >= 0.3 is 0 Å². The molecule has 1 aromatic rings. The molecule has 0 aliphatic heterocycles. The number of methoxy groups -OCH3 is 1. The second-order valence-electron chi connectivity index (χ2n) is 2.66. The van der Waals surface area contributed by atoms with Gasteiger partial charge < -0.3 is 14.5 Å². The van der Waals surface area contributed by atoms with Crippen molar-refractivity contribution in [2.45, 2.75) is 0 Å². The Hall–Kier alpha value is -1.06. The van der Waals surface area contributed by atoms with Crippen molar-refractivity contribution in [3.05, 3.63) is 30.2 Å². The lowest BCUT2D eigenvalue weighted by Crippen LogP contribution is -2.18. The fraction of sp³-hybridized carbons (Fsp3) is 0.400. The Kier molecular flexibility index (Phi) is 4.98. The standard InChI is InChI=1S/C10H15NO2/c1-12-8-6-11-5-2-3-10-4-7-13-9-10/h2-4,7,9,11H,5-6,8H2,1H3. The van der Waals surface area contributed by atoms with Crippen LogP contribution in [-0.2, 0) is 4.74 Å². The van der Waals surface area contributed by atoms with E-state index in [-0.39, 0.29) is 0 Å². The zero-order chi connectivity index (χ0) is 9.36. The molecular weight excluding hydrogens is 166 g/mol.